The summed E-state index contributed by atoms with van der Waals surface area (Å²) in [5.41, 5.74) is 1.55. The van der Waals surface area contributed by atoms with Crippen LogP contribution in [0.2, 0.25) is 0 Å². The summed E-state index contributed by atoms with van der Waals surface area (Å²) in [6, 6.07) is 20.4. The third-order valence-electron chi connectivity index (χ3n) is 4.18. The Labute approximate surface area is 169 Å². The van der Waals surface area contributed by atoms with Crippen molar-refractivity contribution in [1.82, 2.24) is 0 Å². The molecular formula is C22H19FN2O3S. The molecule has 0 aromatic heterocycles. The van der Waals surface area contributed by atoms with Gasteiger partial charge >= 0.3 is 0 Å². The summed E-state index contributed by atoms with van der Waals surface area (Å²) >= 11 is 0. The first-order valence-electron chi connectivity index (χ1n) is 8.75. The van der Waals surface area contributed by atoms with E-state index in [9.17, 15) is 17.6 Å². The molecule has 1 N–H and O–H groups in total. The predicted octanol–water partition coefficient (Wildman–Crippen LogP) is 4.30. The van der Waals surface area contributed by atoms with Gasteiger partial charge in [0.2, 0.25) is 5.91 Å². The van der Waals surface area contributed by atoms with Crippen LogP contribution in [0.25, 0.3) is 6.08 Å². The van der Waals surface area contributed by atoms with E-state index in [4.69, 9.17) is 0 Å². The molecular weight excluding hydrogens is 391 g/mol. The van der Waals surface area contributed by atoms with E-state index in [0.717, 1.165) is 0 Å². The Kier molecular flexibility index (Phi) is 6.09. The number of carbonyl (C=O) groups excluding carboxylic acids is 1. The fraction of sp³-hybridized carbons (Fsp3) is 0.0455. The van der Waals surface area contributed by atoms with Crippen LogP contribution < -0.4 is 9.62 Å². The van der Waals surface area contributed by atoms with Gasteiger partial charge in [0.05, 0.1) is 10.6 Å². The maximum Gasteiger partial charge on any atom is 0.264 e. The molecule has 148 valence electrons. The third-order valence-corrected chi connectivity index (χ3v) is 5.96. The maximum absolute atomic E-state index is 12.9. The number of carbonyl (C=O) groups is 1. The zero-order valence-corrected chi connectivity index (χ0v) is 16.4. The molecule has 0 aliphatic carbocycles. The third kappa shape index (κ3) is 5.08. The number of amides is 1. The first-order chi connectivity index (χ1) is 13.9. The average Bonchev–Trinajstić information content (AvgIpc) is 2.73. The first kappa shape index (κ1) is 20.3. The lowest BCUT2D eigenvalue weighted by molar-refractivity contribution is -0.111. The number of nitrogens with one attached hydrogen (secondary N) is 1. The van der Waals surface area contributed by atoms with Gasteiger partial charge in [-0.2, -0.15) is 0 Å². The summed E-state index contributed by atoms with van der Waals surface area (Å²) in [6.07, 6.45) is 2.84. The van der Waals surface area contributed by atoms with Crippen LogP contribution in [0.15, 0.2) is 89.8 Å². The van der Waals surface area contributed by atoms with Gasteiger partial charge in [-0.1, -0.05) is 36.4 Å². The molecule has 0 heterocycles. The number of para-hydroxylation sites is 1. The lowest BCUT2D eigenvalue weighted by atomic mass is 10.2. The van der Waals surface area contributed by atoms with Gasteiger partial charge in [-0.05, 0) is 54.1 Å². The summed E-state index contributed by atoms with van der Waals surface area (Å²) in [6.45, 7) is 0. The molecule has 0 saturated carbocycles. The van der Waals surface area contributed by atoms with Gasteiger partial charge in [0.25, 0.3) is 10.0 Å². The lowest BCUT2D eigenvalue weighted by Gasteiger charge is -2.19. The van der Waals surface area contributed by atoms with E-state index < -0.39 is 15.9 Å². The van der Waals surface area contributed by atoms with E-state index in [0.29, 0.717) is 16.9 Å². The van der Waals surface area contributed by atoms with Crippen LogP contribution in [-0.4, -0.2) is 21.4 Å². The van der Waals surface area contributed by atoms with Crippen LogP contribution in [0, 0.1) is 5.82 Å². The quantitative estimate of drug-likeness (QED) is 0.616. The van der Waals surface area contributed by atoms with Crippen molar-refractivity contribution < 1.29 is 17.6 Å². The van der Waals surface area contributed by atoms with Crippen molar-refractivity contribution in [2.24, 2.45) is 0 Å². The SMILES string of the molecule is CN(c1ccccc1)S(=O)(=O)c1cccc(NC(=O)/C=C/c2ccc(F)cc2)c1. The second kappa shape index (κ2) is 8.70. The van der Waals surface area contributed by atoms with E-state index in [-0.39, 0.29) is 10.7 Å². The Bertz CT molecular complexity index is 1130. The Morgan fingerprint density at radius 2 is 1.66 bits per heavy atom. The molecule has 3 aromatic carbocycles. The Hall–Kier alpha value is -3.45. The molecule has 5 nitrogen and oxygen atoms in total. The largest absolute Gasteiger partial charge is 0.322 e. The zero-order valence-electron chi connectivity index (χ0n) is 15.6. The van der Waals surface area contributed by atoms with Crippen molar-refractivity contribution in [1.29, 1.82) is 0 Å². The minimum absolute atomic E-state index is 0.0594. The number of benzene rings is 3. The Balaban J connectivity index is 1.75. The van der Waals surface area contributed by atoms with Gasteiger partial charge < -0.3 is 5.32 Å². The van der Waals surface area contributed by atoms with Gasteiger partial charge in [-0.3, -0.25) is 9.10 Å². The molecule has 1 amide bonds. The monoisotopic (exact) mass is 410 g/mol. The molecule has 29 heavy (non-hydrogen) atoms. The van der Waals surface area contributed by atoms with Gasteiger partial charge in [-0.15, -0.1) is 0 Å². The van der Waals surface area contributed by atoms with E-state index in [1.54, 1.807) is 60.7 Å². The van der Waals surface area contributed by atoms with Gasteiger partial charge in [-0.25, -0.2) is 12.8 Å². The van der Waals surface area contributed by atoms with Crippen molar-refractivity contribution in [2.75, 3.05) is 16.7 Å². The molecule has 0 spiro atoms. The minimum Gasteiger partial charge on any atom is -0.322 e. The van der Waals surface area contributed by atoms with Crippen molar-refractivity contribution >= 4 is 33.4 Å². The summed E-state index contributed by atoms with van der Waals surface area (Å²) in [7, 11) is -2.31. The molecule has 0 aliphatic heterocycles. The van der Waals surface area contributed by atoms with Crippen molar-refractivity contribution in [2.45, 2.75) is 4.90 Å². The molecule has 0 unspecified atom stereocenters. The van der Waals surface area contributed by atoms with Crippen LogP contribution in [0.3, 0.4) is 0 Å². The number of anilines is 2. The topological polar surface area (TPSA) is 66.5 Å². The zero-order chi connectivity index (χ0) is 20.9. The second-order valence-corrected chi connectivity index (χ2v) is 8.18. The smallest absolute Gasteiger partial charge is 0.264 e. The fourth-order valence-corrected chi connectivity index (χ4v) is 3.84. The number of rotatable bonds is 6. The van der Waals surface area contributed by atoms with Crippen LogP contribution in [-0.2, 0) is 14.8 Å². The Morgan fingerprint density at radius 1 is 0.966 bits per heavy atom. The highest BCUT2D eigenvalue weighted by Gasteiger charge is 2.21. The van der Waals surface area contributed by atoms with Crippen molar-refractivity contribution in [3.63, 3.8) is 0 Å². The van der Waals surface area contributed by atoms with Gasteiger partial charge in [0.15, 0.2) is 0 Å². The van der Waals surface area contributed by atoms with E-state index in [2.05, 4.69) is 5.32 Å². The number of hydrogen-bond acceptors (Lipinski definition) is 3. The molecule has 0 fully saturated rings. The van der Waals surface area contributed by atoms with Crippen molar-refractivity contribution in [3.05, 3.63) is 96.3 Å². The fourth-order valence-electron chi connectivity index (χ4n) is 2.60. The molecule has 0 atom stereocenters. The molecule has 0 saturated heterocycles. The second-order valence-electron chi connectivity index (χ2n) is 6.21. The van der Waals surface area contributed by atoms with E-state index >= 15 is 0 Å². The summed E-state index contributed by atoms with van der Waals surface area (Å²) in [5, 5.41) is 2.63. The number of halogens is 1. The van der Waals surface area contributed by atoms with Gasteiger partial charge in [0.1, 0.15) is 5.82 Å². The summed E-state index contributed by atoms with van der Waals surface area (Å²) in [5.74, 6) is -0.787. The molecule has 3 aromatic rings. The van der Waals surface area contributed by atoms with Gasteiger partial charge in [0, 0.05) is 18.8 Å². The lowest BCUT2D eigenvalue weighted by Crippen LogP contribution is -2.26. The molecule has 3 rings (SSSR count). The summed E-state index contributed by atoms with van der Waals surface area (Å²) < 4.78 is 39.9. The maximum atomic E-state index is 12.9. The minimum atomic E-state index is -3.78. The first-order valence-corrected chi connectivity index (χ1v) is 10.2. The van der Waals surface area contributed by atoms with E-state index in [1.807, 2.05) is 0 Å². The molecule has 7 heteroatoms. The number of hydrogen-bond donors (Lipinski definition) is 1. The Morgan fingerprint density at radius 3 is 2.34 bits per heavy atom. The van der Waals surface area contributed by atoms with Crippen LogP contribution in [0.5, 0.6) is 0 Å². The number of sulfonamides is 1. The summed E-state index contributed by atoms with van der Waals surface area (Å²) in [4.78, 5) is 12.2. The highest BCUT2D eigenvalue weighted by Crippen LogP contribution is 2.23. The van der Waals surface area contributed by atoms with E-state index in [1.165, 1.54) is 41.7 Å². The van der Waals surface area contributed by atoms with Crippen LogP contribution >= 0.6 is 0 Å². The molecule has 0 bridgehead atoms. The highest BCUT2D eigenvalue weighted by molar-refractivity contribution is 7.92. The molecule has 0 aliphatic rings. The highest BCUT2D eigenvalue weighted by atomic mass is 32.2. The number of nitrogens with zero attached hydrogens (tertiary/aromatic N) is 1. The van der Waals surface area contributed by atoms with Crippen molar-refractivity contribution in [3.8, 4) is 0 Å². The van der Waals surface area contributed by atoms with Crippen LogP contribution in [0.4, 0.5) is 15.8 Å². The van der Waals surface area contributed by atoms with Crippen LogP contribution in [0.1, 0.15) is 5.56 Å². The predicted molar refractivity (Wildman–Crippen MR) is 113 cm³/mol. The normalized spacial score (nSPS) is 11.4. The average molecular weight is 410 g/mol. The molecule has 0 radical (unpaired) electrons. The standard InChI is InChI=1S/C22H19FN2O3S/c1-25(20-7-3-2-4-8-20)29(27,28)21-9-5-6-19(16-21)24-22(26)15-12-17-10-13-18(23)14-11-17/h2-16H,1H3,(H,24,26)/b15-12+.